The molecule has 0 saturated carbocycles. The first-order chi connectivity index (χ1) is 7.69. The molecule has 0 saturated heterocycles. The van der Waals surface area contributed by atoms with E-state index in [1.54, 1.807) is 0 Å². The van der Waals surface area contributed by atoms with Crippen LogP contribution in [0, 0.1) is 5.92 Å². The van der Waals surface area contributed by atoms with Gasteiger partial charge in [-0.15, -0.1) is 0 Å². The smallest absolute Gasteiger partial charge is 0.0608 e. The second kappa shape index (κ2) is 6.70. The third kappa shape index (κ3) is 3.64. The van der Waals surface area contributed by atoms with Crippen molar-refractivity contribution in [3.63, 3.8) is 0 Å². The molecule has 0 aromatic heterocycles. The van der Waals surface area contributed by atoms with Gasteiger partial charge in [-0.05, 0) is 17.9 Å². The van der Waals surface area contributed by atoms with Crippen LogP contribution in [0.1, 0.15) is 51.5 Å². The maximum absolute atomic E-state index is 10.2. The summed E-state index contributed by atoms with van der Waals surface area (Å²) in [5, 5.41) is 10.2. The number of aliphatic hydroxyl groups is 1. The highest BCUT2D eigenvalue weighted by atomic mass is 16.3. The number of rotatable bonds is 6. The summed E-state index contributed by atoms with van der Waals surface area (Å²) in [7, 11) is 0. The third-order valence-corrected chi connectivity index (χ3v) is 3.63. The monoisotopic (exact) mass is 220 g/mol. The van der Waals surface area contributed by atoms with Gasteiger partial charge in [-0.3, -0.25) is 0 Å². The lowest BCUT2D eigenvalue weighted by Gasteiger charge is -2.23. The van der Waals surface area contributed by atoms with E-state index in [1.807, 2.05) is 18.2 Å². The van der Waals surface area contributed by atoms with E-state index >= 15 is 0 Å². The lowest BCUT2D eigenvalue weighted by Crippen LogP contribution is -2.19. The van der Waals surface area contributed by atoms with Crippen LogP contribution in [-0.2, 0) is 0 Å². The molecule has 0 aliphatic carbocycles. The fourth-order valence-corrected chi connectivity index (χ4v) is 2.15. The van der Waals surface area contributed by atoms with E-state index in [2.05, 4.69) is 32.9 Å². The van der Waals surface area contributed by atoms with Gasteiger partial charge in [0.15, 0.2) is 0 Å². The molecule has 0 aliphatic heterocycles. The van der Waals surface area contributed by atoms with E-state index in [0.29, 0.717) is 5.92 Å². The lowest BCUT2D eigenvalue weighted by molar-refractivity contribution is 0.117. The molecule has 1 heteroatoms. The summed E-state index contributed by atoms with van der Waals surface area (Å²) in [6.45, 7) is 6.52. The lowest BCUT2D eigenvalue weighted by atomic mass is 9.87. The number of aliphatic hydroxyl groups excluding tert-OH is 1. The Balaban J connectivity index is 2.57. The highest BCUT2D eigenvalue weighted by Gasteiger charge is 2.19. The van der Waals surface area contributed by atoms with Gasteiger partial charge in [0.05, 0.1) is 6.10 Å². The first kappa shape index (κ1) is 13.2. The van der Waals surface area contributed by atoms with Crippen LogP contribution in [0.2, 0.25) is 0 Å². The van der Waals surface area contributed by atoms with Gasteiger partial charge in [0, 0.05) is 5.92 Å². The molecule has 0 bridgehead atoms. The summed E-state index contributed by atoms with van der Waals surface area (Å²) >= 11 is 0. The Morgan fingerprint density at radius 3 is 2.12 bits per heavy atom. The molecule has 0 aliphatic rings. The molecule has 1 rings (SSSR count). The van der Waals surface area contributed by atoms with Crippen molar-refractivity contribution in [3.05, 3.63) is 35.9 Å². The number of hydrogen-bond acceptors (Lipinski definition) is 1. The standard InChI is InChI=1S/C15H24O/c1-4-13(5-2)11-15(16)12(3)14-9-7-6-8-10-14/h6-10,12-13,15-16H,4-5,11H2,1-3H3. The predicted molar refractivity (Wildman–Crippen MR) is 69.6 cm³/mol. The Hall–Kier alpha value is -0.820. The van der Waals surface area contributed by atoms with Gasteiger partial charge in [-0.1, -0.05) is 63.9 Å². The summed E-state index contributed by atoms with van der Waals surface area (Å²) in [6.07, 6.45) is 3.03. The van der Waals surface area contributed by atoms with Crippen molar-refractivity contribution in [2.75, 3.05) is 0 Å². The molecule has 0 fully saturated rings. The van der Waals surface area contributed by atoms with Crippen LogP contribution in [0.25, 0.3) is 0 Å². The molecular weight excluding hydrogens is 196 g/mol. The quantitative estimate of drug-likeness (QED) is 0.769. The minimum absolute atomic E-state index is 0.215. The van der Waals surface area contributed by atoms with Crippen LogP contribution in [-0.4, -0.2) is 11.2 Å². The van der Waals surface area contributed by atoms with Crippen LogP contribution < -0.4 is 0 Å². The van der Waals surface area contributed by atoms with Crippen LogP contribution in [0.5, 0.6) is 0 Å². The van der Waals surface area contributed by atoms with Crippen LogP contribution in [0.3, 0.4) is 0 Å². The molecule has 0 amide bonds. The van der Waals surface area contributed by atoms with Gasteiger partial charge in [0.25, 0.3) is 0 Å². The Kier molecular flexibility index (Phi) is 5.54. The minimum Gasteiger partial charge on any atom is -0.392 e. The van der Waals surface area contributed by atoms with Crippen LogP contribution in [0.15, 0.2) is 30.3 Å². The van der Waals surface area contributed by atoms with Crippen LogP contribution in [0.4, 0.5) is 0 Å². The minimum atomic E-state index is -0.215. The van der Waals surface area contributed by atoms with Crippen molar-refractivity contribution in [1.82, 2.24) is 0 Å². The van der Waals surface area contributed by atoms with Gasteiger partial charge in [-0.2, -0.15) is 0 Å². The largest absolute Gasteiger partial charge is 0.392 e. The van der Waals surface area contributed by atoms with E-state index < -0.39 is 0 Å². The summed E-state index contributed by atoms with van der Waals surface area (Å²) in [6, 6.07) is 10.3. The van der Waals surface area contributed by atoms with Crippen LogP contribution >= 0.6 is 0 Å². The molecule has 16 heavy (non-hydrogen) atoms. The number of hydrogen-bond donors (Lipinski definition) is 1. The Morgan fingerprint density at radius 2 is 1.62 bits per heavy atom. The summed E-state index contributed by atoms with van der Waals surface area (Å²) in [4.78, 5) is 0. The molecule has 0 spiro atoms. The highest BCUT2D eigenvalue weighted by molar-refractivity contribution is 5.19. The maximum atomic E-state index is 10.2. The first-order valence-electron chi connectivity index (χ1n) is 6.42. The molecule has 0 radical (unpaired) electrons. The normalized spacial score (nSPS) is 15.1. The zero-order chi connectivity index (χ0) is 12.0. The van der Waals surface area contributed by atoms with Gasteiger partial charge in [0.1, 0.15) is 0 Å². The second-order valence-corrected chi connectivity index (χ2v) is 4.68. The molecule has 1 nitrogen and oxygen atoms in total. The summed E-state index contributed by atoms with van der Waals surface area (Å²) < 4.78 is 0. The Bertz CT molecular complexity index is 277. The van der Waals surface area contributed by atoms with E-state index in [1.165, 1.54) is 5.56 Å². The molecule has 1 N–H and O–H groups in total. The third-order valence-electron chi connectivity index (χ3n) is 3.63. The first-order valence-corrected chi connectivity index (χ1v) is 6.42. The van der Waals surface area contributed by atoms with Crippen molar-refractivity contribution in [2.24, 2.45) is 5.92 Å². The van der Waals surface area contributed by atoms with E-state index in [4.69, 9.17) is 0 Å². The van der Waals surface area contributed by atoms with Crippen molar-refractivity contribution in [1.29, 1.82) is 0 Å². The maximum Gasteiger partial charge on any atom is 0.0608 e. The van der Waals surface area contributed by atoms with E-state index in [0.717, 1.165) is 19.3 Å². The molecular formula is C15H24O. The average Bonchev–Trinajstić information content (AvgIpc) is 2.35. The topological polar surface area (TPSA) is 20.2 Å². The fourth-order valence-electron chi connectivity index (χ4n) is 2.15. The molecule has 1 aromatic carbocycles. The molecule has 0 heterocycles. The van der Waals surface area contributed by atoms with E-state index in [9.17, 15) is 5.11 Å². The molecule has 2 unspecified atom stereocenters. The van der Waals surface area contributed by atoms with Crippen molar-refractivity contribution >= 4 is 0 Å². The highest BCUT2D eigenvalue weighted by Crippen LogP contribution is 2.25. The molecule has 90 valence electrons. The zero-order valence-electron chi connectivity index (χ0n) is 10.7. The molecule has 1 aromatic rings. The zero-order valence-corrected chi connectivity index (χ0v) is 10.7. The van der Waals surface area contributed by atoms with Gasteiger partial charge >= 0.3 is 0 Å². The van der Waals surface area contributed by atoms with Crippen molar-refractivity contribution < 1.29 is 5.11 Å². The SMILES string of the molecule is CCC(CC)CC(O)C(C)c1ccccc1. The van der Waals surface area contributed by atoms with Crippen molar-refractivity contribution in [2.45, 2.75) is 52.1 Å². The summed E-state index contributed by atoms with van der Waals surface area (Å²) in [5.41, 5.74) is 1.24. The second-order valence-electron chi connectivity index (χ2n) is 4.68. The number of benzene rings is 1. The predicted octanol–water partition coefficient (Wildman–Crippen LogP) is 3.98. The fraction of sp³-hybridized carbons (Fsp3) is 0.600. The Labute approximate surface area is 99.5 Å². The van der Waals surface area contributed by atoms with E-state index in [-0.39, 0.29) is 12.0 Å². The van der Waals surface area contributed by atoms with Gasteiger partial charge in [-0.25, -0.2) is 0 Å². The van der Waals surface area contributed by atoms with Gasteiger partial charge in [0.2, 0.25) is 0 Å². The summed E-state index contributed by atoms with van der Waals surface area (Å²) in [5.74, 6) is 0.892. The van der Waals surface area contributed by atoms with Crippen molar-refractivity contribution in [3.8, 4) is 0 Å². The Morgan fingerprint density at radius 1 is 1.06 bits per heavy atom. The average molecular weight is 220 g/mol. The molecule has 2 atom stereocenters. The van der Waals surface area contributed by atoms with Gasteiger partial charge < -0.3 is 5.11 Å².